The Labute approximate surface area is 153 Å². The van der Waals surface area contributed by atoms with E-state index in [1.165, 1.54) is 16.3 Å². The number of fused-ring (bicyclic) bond motifs is 2. The number of ether oxygens (including phenoxy) is 1. The van der Waals surface area contributed by atoms with Gasteiger partial charge in [0.15, 0.2) is 5.82 Å². The molecule has 5 nitrogen and oxygen atoms in total. The molecule has 0 unspecified atom stereocenters. The Kier molecular flexibility index (Phi) is 3.98. The highest BCUT2D eigenvalue weighted by Crippen LogP contribution is 2.37. The number of aromatic nitrogens is 2. The molecule has 2 fully saturated rings. The molecule has 5 rings (SSSR count). The molecular formula is C21H23N3O2. The molecular weight excluding hydrogens is 326 g/mol. The van der Waals surface area contributed by atoms with E-state index < -0.39 is 0 Å². The molecule has 2 aliphatic rings. The number of aryl methyl sites for hydroxylation is 1. The lowest BCUT2D eigenvalue weighted by Crippen LogP contribution is -2.48. The van der Waals surface area contributed by atoms with E-state index >= 15 is 0 Å². The standard InChI is InChI=1S/C21H23N3O2/c1-14-22-21(26-23-14)17-11-20-19(9-10-25-20)24(13-17)12-16-7-4-6-15-5-2-3-8-18(15)16/h2-8,17,19-20H,9-13H2,1H3/t17-,19+,20+/m1/s1. The molecule has 2 aromatic carbocycles. The Bertz CT molecular complexity index is 917. The molecule has 5 heteroatoms. The largest absolute Gasteiger partial charge is 0.377 e. The molecule has 0 aliphatic carbocycles. The van der Waals surface area contributed by atoms with E-state index in [0.29, 0.717) is 11.9 Å². The topological polar surface area (TPSA) is 51.4 Å². The van der Waals surface area contributed by atoms with Crippen LogP contribution in [0.15, 0.2) is 47.0 Å². The van der Waals surface area contributed by atoms with Crippen LogP contribution in [0.4, 0.5) is 0 Å². The van der Waals surface area contributed by atoms with Crippen molar-refractivity contribution in [1.82, 2.24) is 15.0 Å². The van der Waals surface area contributed by atoms with Gasteiger partial charge in [0.2, 0.25) is 5.89 Å². The number of likely N-dealkylation sites (tertiary alicyclic amines) is 1. The Morgan fingerprint density at radius 3 is 2.92 bits per heavy atom. The summed E-state index contributed by atoms with van der Waals surface area (Å²) in [6.07, 6.45) is 2.33. The van der Waals surface area contributed by atoms with Crippen molar-refractivity contribution >= 4 is 10.8 Å². The first-order valence-electron chi connectivity index (χ1n) is 9.40. The highest BCUT2D eigenvalue weighted by molar-refractivity contribution is 5.85. The van der Waals surface area contributed by atoms with Crippen LogP contribution in [-0.2, 0) is 11.3 Å². The van der Waals surface area contributed by atoms with Gasteiger partial charge in [-0.1, -0.05) is 47.6 Å². The minimum atomic E-state index is 0.241. The lowest BCUT2D eigenvalue weighted by Gasteiger charge is -2.39. The summed E-state index contributed by atoms with van der Waals surface area (Å²) in [6, 6.07) is 15.7. The third-order valence-electron chi connectivity index (χ3n) is 5.76. The third kappa shape index (κ3) is 2.81. The maximum Gasteiger partial charge on any atom is 0.231 e. The van der Waals surface area contributed by atoms with Crippen molar-refractivity contribution in [2.45, 2.75) is 44.4 Å². The van der Waals surface area contributed by atoms with Gasteiger partial charge in [0.25, 0.3) is 0 Å². The second-order valence-electron chi connectivity index (χ2n) is 7.45. The van der Waals surface area contributed by atoms with Crippen molar-refractivity contribution in [3.8, 4) is 0 Å². The number of hydrogen-bond donors (Lipinski definition) is 0. The van der Waals surface area contributed by atoms with Crippen LogP contribution in [0.2, 0.25) is 0 Å². The van der Waals surface area contributed by atoms with Gasteiger partial charge >= 0.3 is 0 Å². The summed E-state index contributed by atoms with van der Waals surface area (Å²) in [5, 5.41) is 6.61. The third-order valence-corrected chi connectivity index (χ3v) is 5.76. The van der Waals surface area contributed by atoms with Gasteiger partial charge in [0.05, 0.1) is 12.0 Å². The first-order valence-corrected chi connectivity index (χ1v) is 9.40. The smallest absolute Gasteiger partial charge is 0.231 e. The van der Waals surface area contributed by atoms with Gasteiger partial charge in [-0.05, 0) is 36.1 Å². The molecule has 0 amide bonds. The molecule has 3 atom stereocenters. The number of benzene rings is 2. The first kappa shape index (κ1) is 16.0. The van der Waals surface area contributed by atoms with Gasteiger partial charge in [0, 0.05) is 25.7 Å². The van der Waals surface area contributed by atoms with Crippen LogP contribution in [0.1, 0.15) is 36.0 Å². The summed E-state index contributed by atoms with van der Waals surface area (Å²) in [6.45, 7) is 4.58. The lowest BCUT2D eigenvalue weighted by atomic mass is 9.89. The van der Waals surface area contributed by atoms with Crippen LogP contribution >= 0.6 is 0 Å². The molecule has 0 saturated carbocycles. The first-order chi connectivity index (χ1) is 12.8. The molecule has 2 saturated heterocycles. The molecule has 0 radical (unpaired) electrons. The highest BCUT2D eigenvalue weighted by atomic mass is 16.5. The van der Waals surface area contributed by atoms with Gasteiger partial charge in [-0.15, -0.1) is 0 Å². The molecule has 0 spiro atoms. The van der Waals surface area contributed by atoms with Crippen molar-refractivity contribution in [3.05, 3.63) is 59.7 Å². The second-order valence-corrected chi connectivity index (χ2v) is 7.45. The second kappa shape index (κ2) is 6.49. The maximum absolute atomic E-state index is 6.04. The summed E-state index contributed by atoms with van der Waals surface area (Å²) >= 11 is 0. The van der Waals surface area contributed by atoms with E-state index in [-0.39, 0.29) is 12.0 Å². The van der Waals surface area contributed by atoms with Crippen molar-refractivity contribution in [1.29, 1.82) is 0 Å². The lowest BCUT2D eigenvalue weighted by molar-refractivity contribution is 0.00863. The number of piperidine rings is 1. The van der Waals surface area contributed by atoms with Gasteiger partial charge in [-0.25, -0.2) is 0 Å². The Morgan fingerprint density at radius 1 is 1.15 bits per heavy atom. The van der Waals surface area contributed by atoms with Crippen molar-refractivity contribution in [2.24, 2.45) is 0 Å². The zero-order valence-corrected chi connectivity index (χ0v) is 15.0. The number of rotatable bonds is 3. The average molecular weight is 349 g/mol. The fourth-order valence-corrected chi connectivity index (χ4v) is 4.54. The Balaban J connectivity index is 1.45. The Morgan fingerprint density at radius 2 is 2.04 bits per heavy atom. The summed E-state index contributed by atoms with van der Waals surface area (Å²) in [5.74, 6) is 1.69. The minimum Gasteiger partial charge on any atom is -0.377 e. The molecule has 1 aromatic heterocycles. The SMILES string of the molecule is Cc1noc([C@@H]2C[C@@H]3OCC[C@@H]3N(Cc3cccc4ccccc34)C2)n1. The maximum atomic E-state index is 6.04. The number of hydrogen-bond acceptors (Lipinski definition) is 5. The van der Waals surface area contributed by atoms with E-state index in [0.717, 1.165) is 38.4 Å². The minimum absolute atomic E-state index is 0.241. The van der Waals surface area contributed by atoms with Crippen LogP contribution in [0, 0.1) is 6.92 Å². The monoisotopic (exact) mass is 349 g/mol. The summed E-state index contributed by atoms with van der Waals surface area (Å²) < 4.78 is 11.5. The molecule has 134 valence electrons. The van der Waals surface area contributed by atoms with E-state index in [9.17, 15) is 0 Å². The van der Waals surface area contributed by atoms with Gasteiger partial charge < -0.3 is 9.26 Å². The summed E-state index contributed by atoms with van der Waals surface area (Å²) in [7, 11) is 0. The molecule has 26 heavy (non-hydrogen) atoms. The summed E-state index contributed by atoms with van der Waals surface area (Å²) in [5.41, 5.74) is 1.37. The normalized spacial score (nSPS) is 26.3. The van der Waals surface area contributed by atoms with Crippen LogP contribution in [0.5, 0.6) is 0 Å². The zero-order chi connectivity index (χ0) is 17.5. The molecule has 0 N–H and O–H groups in total. The predicted octanol–water partition coefficient (Wildman–Crippen LogP) is 3.68. The fourth-order valence-electron chi connectivity index (χ4n) is 4.54. The van der Waals surface area contributed by atoms with Crippen molar-refractivity contribution in [3.63, 3.8) is 0 Å². The molecule has 3 aromatic rings. The quantitative estimate of drug-likeness (QED) is 0.722. The van der Waals surface area contributed by atoms with E-state index in [4.69, 9.17) is 9.26 Å². The van der Waals surface area contributed by atoms with E-state index in [1.807, 2.05) is 6.92 Å². The number of nitrogens with zero attached hydrogens (tertiary/aromatic N) is 3. The summed E-state index contributed by atoms with van der Waals surface area (Å²) in [4.78, 5) is 7.04. The van der Waals surface area contributed by atoms with Gasteiger partial charge in [-0.2, -0.15) is 4.98 Å². The predicted molar refractivity (Wildman–Crippen MR) is 98.9 cm³/mol. The van der Waals surface area contributed by atoms with Gasteiger partial charge in [-0.3, -0.25) is 4.90 Å². The van der Waals surface area contributed by atoms with Crippen molar-refractivity contribution < 1.29 is 9.26 Å². The van der Waals surface area contributed by atoms with E-state index in [2.05, 4.69) is 57.5 Å². The Hall–Kier alpha value is -2.24. The molecule has 2 aliphatic heterocycles. The van der Waals surface area contributed by atoms with Crippen molar-refractivity contribution in [2.75, 3.05) is 13.2 Å². The zero-order valence-electron chi connectivity index (χ0n) is 15.0. The van der Waals surface area contributed by atoms with E-state index in [1.54, 1.807) is 0 Å². The van der Waals surface area contributed by atoms with Gasteiger partial charge in [0.1, 0.15) is 0 Å². The molecule has 3 heterocycles. The van der Waals surface area contributed by atoms with Crippen LogP contribution < -0.4 is 0 Å². The fraction of sp³-hybridized carbons (Fsp3) is 0.429. The molecule has 0 bridgehead atoms. The van der Waals surface area contributed by atoms with Crippen LogP contribution in [-0.4, -0.2) is 40.3 Å². The average Bonchev–Trinajstić information content (AvgIpc) is 3.31. The highest BCUT2D eigenvalue weighted by Gasteiger charge is 2.42. The van der Waals surface area contributed by atoms with Crippen LogP contribution in [0.3, 0.4) is 0 Å². The van der Waals surface area contributed by atoms with Crippen LogP contribution in [0.25, 0.3) is 10.8 Å².